The molecule has 0 aromatic heterocycles. The zero-order chi connectivity index (χ0) is 18.4. The van der Waals surface area contributed by atoms with Crippen molar-refractivity contribution in [3.05, 3.63) is 64.1 Å². The number of halogens is 1. The van der Waals surface area contributed by atoms with Gasteiger partial charge in [0.1, 0.15) is 24.5 Å². The molecule has 1 heterocycles. The fourth-order valence-corrected chi connectivity index (χ4v) is 3.26. The standard InChI is InChI=1S/C20H20BrNO4/c21-16-6-3-5-15(13-16)14-26-18-8-2-1-7-17(18)20(24)25-12-11-22-10-4-9-19(22)23/h1-3,5-8,13H,4,9-12,14H2. The Bertz CT molecular complexity index is 793. The largest absolute Gasteiger partial charge is 0.488 e. The lowest BCUT2D eigenvalue weighted by molar-refractivity contribution is -0.128. The van der Waals surface area contributed by atoms with Crippen molar-refractivity contribution in [1.82, 2.24) is 4.90 Å². The molecule has 1 aliphatic rings. The van der Waals surface area contributed by atoms with Gasteiger partial charge in [-0.1, -0.05) is 40.2 Å². The number of ether oxygens (including phenoxy) is 2. The van der Waals surface area contributed by atoms with Gasteiger partial charge in [0, 0.05) is 17.4 Å². The molecule has 0 radical (unpaired) electrons. The van der Waals surface area contributed by atoms with Crippen LogP contribution >= 0.6 is 15.9 Å². The van der Waals surface area contributed by atoms with Crippen LogP contribution in [0.1, 0.15) is 28.8 Å². The average molecular weight is 418 g/mol. The molecule has 2 aromatic carbocycles. The Kier molecular flexibility index (Phi) is 6.28. The smallest absolute Gasteiger partial charge is 0.341 e. The predicted octanol–water partition coefficient (Wildman–Crippen LogP) is 3.81. The van der Waals surface area contributed by atoms with Crippen LogP contribution in [0.15, 0.2) is 53.0 Å². The summed E-state index contributed by atoms with van der Waals surface area (Å²) in [5.41, 5.74) is 1.38. The fraction of sp³-hybridized carbons (Fsp3) is 0.300. The van der Waals surface area contributed by atoms with Crippen molar-refractivity contribution in [3.63, 3.8) is 0 Å². The minimum absolute atomic E-state index is 0.124. The molecule has 6 heteroatoms. The highest BCUT2D eigenvalue weighted by Gasteiger charge is 2.20. The molecule has 0 atom stereocenters. The first-order valence-corrected chi connectivity index (χ1v) is 9.34. The zero-order valence-electron chi connectivity index (χ0n) is 14.3. The van der Waals surface area contributed by atoms with Crippen LogP contribution < -0.4 is 4.74 Å². The summed E-state index contributed by atoms with van der Waals surface area (Å²) in [6.45, 7) is 1.71. The topological polar surface area (TPSA) is 55.8 Å². The Morgan fingerprint density at radius 2 is 2.00 bits per heavy atom. The summed E-state index contributed by atoms with van der Waals surface area (Å²) in [6, 6.07) is 14.8. The lowest BCUT2D eigenvalue weighted by Gasteiger charge is -2.16. The van der Waals surface area contributed by atoms with Crippen LogP contribution in [0.2, 0.25) is 0 Å². The molecule has 136 valence electrons. The molecule has 0 spiro atoms. The number of amides is 1. The third-order valence-corrected chi connectivity index (χ3v) is 4.65. The highest BCUT2D eigenvalue weighted by molar-refractivity contribution is 9.10. The number of carbonyl (C=O) groups excluding carboxylic acids is 2. The Hall–Kier alpha value is -2.34. The van der Waals surface area contributed by atoms with E-state index >= 15 is 0 Å². The maximum atomic E-state index is 12.4. The van der Waals surface area contributed by atoms with E-state index in [1.165, 1.54) is 0 Å². The monoisotopic (exact) mass is 417 g/mol. The van der Waals surface area contributed by atoms with E-state index in [0.717, 1.165) is 23.0 Å². The molecule has 1 fully saturated rings. The zero-order valence-corrected chi connectivity index (χ0v) is 15.9. The first-order chi connectivity index (χ1) is 12.6. The molecule has 5 nitrogen and oxygen atoms in total. The van der Waals surface area contributed by atoms with Gasteiger partial charge >= 0.3 is 5.97 Å². The second kappa shape index (κ2) is 8.85. The number of para-hydroxylation sites is 1. The van der Waals surface area contributed by atoms with Gasteiger partial charge in [-0.05, 0) is 36.2 Å². The van der Waals surface area contributed by atoms with E-state index < -0.39 is 5.97 Å². The van der Waals surface area contributed by atoms with Crippen LogP contribution in [-0.4, -0.2) is 36.5 Å². The SMILES string of the molecule is O=C(OCCN1CCCC1=O)c1ccccc1OCc1cccc(Br)c1. The summed E-state index contributed by atoms with van der Waals surface area (Å²) >= 11 is 3.43. The number of benzene rings is 2. The second-order valence-electron chi connectivity index (χ2n) is 6.04. The molecule has 0 aliphatic carbocycles. The number of hydrogen-bond donors (Lipinski definition) is 0. The van der Waals surface area contributed by atoms with Crippen molar-refractivity contribution in [1.29, 1.82) is 0 Å². The van der Waals surface area contributed by atoms with E-state index in [1.807, 2.05) is 30.3 Å². The van der Waals surface area contributed by atoms with Crippen LogP contribution in [0, 0.1) is 0 Å². The Labute approximate surface area is 161 Å². The van der Waals surface area contributed by atoms with Gasteiger partial charge in [-0.3, -0.25) is 4.79 Å². The normalized spacial score (nSPS) is 13.7. The third kappa shape index (κ3) is 4.85. The Morgan fingerprint density at radius 3 is 2.77 bits per heavy atom. The molecule has 3 rings (SSSR count). The number of hydrogen-bond acceptors (Lipinski definition) is 4. The first-order valence-electron chi connectivity index (χ1n) is 8.54. The molecule has 1 saturated heterocycles. The lowest BCUT2D eigenvalue weighted by Crippen LogP contribution is -2.29. The van der Waals surface area contributed by atoms with Crippen molar-refractivity contribution >= 4 is 27.8 Å². The van der Waals surface area contributed by atoms with E-state index in [9.17, 15) is 9.59 Å². The average Bonchev–Trinajstić information content (AvgIpc) is 3.05. The summed E-state index contributed by atoms with van der Waals surface area (Å²) in [5.74, 6) is 0.162. The predicted molar refractivity (Wildman–Crippen MR) is 101 cm³/mol. The highest BCUT2D eigenvalue weighted by Crippen LogP contribution is 2.21. The van der Waals surface area contributed by atoms with Crippen LogP contribution in [0.4, 0.5) is 0 Å². The second-order valence-corrected chi connectivity index (χ2v) is 6.95. The van der Waals surface area contributed by atoms with E-state index in [4.69, 9.17) is 9.47 Å². The van der Waals surface area contributed by atoms with Crippen LogP contribution in [0.25, 0.3) is 0 Å². The van der Waals surface area contributed by atoms with E-state index in [1.54, 1.807) is 23.1 Å². The minimum Gasteiger partial charge on any atom is -0.488 e. The van der Waals surface area contributed by atoms with E-state index in [2.05, 4.69) is 15.9 Å². The van der Waals surface area contributed by atoms with Gasteiger partial charge in [-0.15, -0.1) is 0 Å². The van der Waals surface area contributed by atoms with Crippen LogP contribution in [0.3, 0.4) is 0 Å². The van der Waals surface area contributed by atoms with Crippen molar-refractivity contribution in [3.8, 4) is 5.75 Å². The number of likely N-dealkylation sites (tertiary alicyclic amines) is 1. The molecule has 1 amide bonds. The van der Waals surface area contributed by atoms with Crippen molar-refractivity contribution < 1.29 is 19.1 Å². The molecule has 1 aliphatic heterocycles. The van der Waals surface area contributed by atoms with Crippen LogP contribution in [0.5, 0.6) is 5.75 Å². The van der Waals surface area contributed by atoms with Gasteiger partial charge in [-0.25, -0.2) is 4.79 Å². The Balaban J connectivity index is 1.57. The van der Waals surface area contributed by atoms with Gasteiger partial charge < -0.3 is 14.4 Å². The molecule has 26 heavy (non-hydrogen) atoms. The summed E-state index contributed by atoms with van der Waals surface area (Å²) < 4.78 is 12.1. The number of esters is 1. The maximum Gasteiger partial charge on any atom is 0.341 e. The minimum atomic E-state index is -0.443. The first kappa shape index (κ1) is 18.5. The number of nitrogens with zero attached hydrogens (tertiary/aromatic N) is 1. The summed E-state index contributed by atoms with van der Waals surface area (Å²) in [4.78, 5) is 25.7. The molecule has 0 unspecified atom stereocenters. The Morgan fingerprint density at radius 1 is 1.15 bits per heavy atom. The summed E-state index contributed by atoms with van der Waals surface area (Å²) in [7, 11) is 0. The van der Waals surface area contributed by atoms with E-state index in [0.29, 0.717) is 30.9 Å². The molecule has 0 N–H and O–H groups in total. The van der Waals surface area contributed by atoms with Gasteiger partial charge in [0.25, 0.3) is 0 Å². The third-order valence-electron chi connectivity index (χ3n) is 4.16. The quantitative estimate of drug-likeness (QED) is 0.642. The molecule has 0 bridgehead atoms. The molecule has 0 saturated carbocycles. The van der Waals surface area contributed by atoms with Crippen LogP contribution in [-0.2, 0) is 16.1 Å². The molecular formula is C20H20BrNO4. The highest BCUT2D eigenvalue weighted by atomic mass is 79.9. The van der Waals surface area contributed by atoms with E-state index in [-0.39, 0.29) is 12.5 Å². The lowest BCUT2D eigenvalue weighted by atomic mass is 10.2. The molecule has 2 aromatic rings. The van der Waals surface area contributed by atoms with Gasteiger partial charge in [-0.2, -0.15) is 0 Å². The van der Waals surface area contributed by atoms with Crippen molar-refractivity contribution in [2.45, 2.75) is 19.4 Å². The number of rotatable bonds is 7. The van der Waals surface area contributed by atoms with Gasteiger partial charge in [0.05, 0.1) is 6.54 Å². The maximum absolute atomic E-state index is 12.4. The summed E-state index contributed by atoms with van der Waals surface area (Å²) in [6.07, 6.45) is 1.46. The van der Waals surface area contributed by atoms with Gasteiger partial charge in [0.15, 0.2) is 0 Å². The number of carbonyl (C=O) groups is 2. The molecular weight excluding hydrogens is 398 g/mol. The van der Waals surface area contributed by atoms with Gasteiger partial charge in [0.2, 0.25) is 5.91 Å². The summed E-state index contributed by atoms with van der Waals surface area (Å²) in [5, 5.41) is 0. The fourth-order valence-electron chi connectivity index (χ4n) is 2.82. The van der Waals surface area contributed by atoms with Crippen molar-refractivity contribution in [2.75, 3.05) is 19.7 Å². The van der Waals surface area contributed by atoms with Crippen molar-refractivity contribution in [2.24, 2.45) is 0 Å².